The van der Waals surface area contributed by atoms with E-state index in [0.29, 0.717) is 6.54 Å². The van der Waals surface area contributed by atoms with Gasteiger partial charge in [0.1, 0.15) is 0 Å². The van der Waals surface area contributed by atoms with Crippen molar-refractivity contribution >= 4 is 9.84 Å². The van der Waals surface area contributed by atoms with Crippen LogP contribution in [0.15, 0.2) is 0 Å². The van der Waals surface area contributed by atoms with Crippen LogP contribution < -0.4 is 0 Å². The predicted molar refractivity (Wildman–Crippen MR) is 44.6 cm³/mol. The Hall–Kier alpha value is -0.130. The van der Waals surface area contributed by atoms with Crippen molar-refractivity contribution in [3.63, 3.8) is 0 Å². The fourth-order valence-electron chi connectivity index (χ4n) is 1.99. The normalized spacial score (nSPS) is 41.1. The van der Waals surface area contributed by atoms with E-state index in [0.717, 1.165) is 13.0 Å². The van der Waals surface area contributed by atoms with Gasteiger partial charge < -0.3 is 5.11 Å². The topological polar surface area (TPSA) is 57.6 Å². The van der Waals surface area contributed by atoms with Gasteiger partial charge in [-0.3, -0.25) is 4.90 Å². The van der Waals surface area contributed by atoms with Gasteiger partial charge in [-0.1, -0.05) is 0 Å². The molecule has 4 nitrogen and oxygen atoms in total. The first-order valence-corrected chi connectivity index (χ1v) is 6.03. The van der Waals surface area contributed by atoms with E-state index in [1.165, 1.54) is 0 Å². The minimum absolute atomic E-state index is 0.122. The molecule has 0 bridgehead atoms. The Balaban J connectivity index is 2.17. The Kier molecular flexibility index (Phi) is 1.89. The Morgan fingerprint density at radius 1 is 1.33 bits per heavy atom. The molecule has 0 radical (unpaired) electrons. The molecular formula is C7H13NO3S. The van der Waals surface area contributed by atoms with Crippen LogP contribution in [0.5, 0.6) is 0 Å². The van der Waals surface area contributed by atoms with E-state index >= 15 is 0 Å². The van der Waals surface area contributed by atoms with Gasteiger partial charge in [0.15, 0.2) is 9.84 Å². The second-order valence-electron chi connectivity index (χ2n) is 3.57. The summed E-state index contributed by atoms with van der Waals surface area (Å²) in [4.78, 5) is 2.08. The minimum atomic E-state index is -2.87. The van der Waals surface area contributed by atoms with Gasteiger partial charge in [0.25, 0.3) is 0 Å². The Bertz CT molecular complexity index is 274. The summed E-state index contributed by atoms with van der Waals surface area (Å²) < 4.78 is 22.4. The highest BCUT2D eigenvalue weighted by atomic mass is 32.2. The summed E-state index contributed by atoms with van der Waals surface area (Å²) in [7, 11) is -2.87. The van der Waals surface area contributed by atoms with Crippen LogP contribution in [0.3, 0.4) is 0 Å². The molecule has 2 atom stereocenters. The van der Waals surface area contributed by atoms with Crippen LogP contribution in [0, 0.1) is 0 Å². The Labute approximate surface area is 72.1 Å². The number of hydrogen-bond acceptors (Lipinski definition) is 4. The van der Waals surface area contributed by atoms with Gasteiger partial charge in [-0.15, -0.1) is 0 Å². The lowest BCUT2D eigenvalue weighted by molar-refractivity contribution is 0.127. The van der Waals surface area contributed by atoms with Gasteiger partial charge in [0.05, 0.1) is 17.6 Å². The van der Waals surface area contributed by atoms with Crippen molar-refractivity contribution in [2.45, 2.75) is 18.6 Å². The number of aliphatic hydroxyl groups excluding tert-OH is 1. The van der Waals surface area contributed by atoms with Gasteiger partial charge >= 0.3 is 0 Å². The van der Waals surface area contributed by atoms with Crippen LogP contribution >= 0.6 is 0 Å². The van der Waals surface area contributed by atoms with Crippen molar-refractivity contribution in [3.05, 3.63) is 0 Å². The zero-order valence-electron chi connectivity index (χ0n) is 6.81. The number of sulfone groups is 1. The summed E-state index contributed by atoms with van der Waals surface area (Å²) in [6, 6.07) is -0.122. The van der Waals surface area contributed by atoms with E-state index in [1.807, 2.05) is 0 Å². The monoisotopic (exact) mass is 191 g/mol. The Morgan fingerprint density at radius 2 is 2.08 bits per heavy atom. The maximum absolute atomic E-state index is 11.2. The first kappa shape index (κ1) is 8.47. The zero-order valence-corrected chi connectivity index (χ0v) is 7.63. The largest absolute Gasteiger partial charge is 0.391 e. The zero-order chi connectivity index (χ0) is 8.77. The van der Waals surface area contributed by atoms with E-state index in [4.69, 9.17) is 0 Å². The van der Waals surface area contributed by atoms with Gasteiger partial charge in [-0.25, -0.2) is 8.42 Å². The van der Waals surface area contributed by atoms with Crippen molar-refractivity contribution in [1.29, 1.82) is 0 Å². The van der Waals surface area contributed by atoms with Crippen LogP contribution in [0.4, 0.5) is 0 Å². The molecule has 0 aromatic heterocycles. The predicted octanol–water partition coefficient (Wildman–Crippen LogP) is -1.15. The van der Waals surface area contributed by atoms with E-state index < -0.39 is 15.9 Å². The molecule has 0 spiro atoms. The molecule has 0 saturated carbocycles. The van der Waals surface area contributed by atoms with E-state index in [2.05, 4.69) is 4.90 Å². The fourth-order valence-corrected chi connectivity index (χ4v) is 3.63. The van der Waals surface area contributed by atoms with E-state index in [1.54, 1.807) is 0 Å². The second kappa shape index (κ2) is 2.68. The number of fused-ring (bicyclic) bond motifs is 1. The van der Waals surface area contributed by atoms with Gasteiger partial charge in [-0.05, 0) is 6.42 Å². The molecule has 0 aliphatic carbocycles. The van der Waals surface area contributed by atoms with E-state index in [-0.39, 0.29) is 17.5 Å². The van der Waals surface area contributed by atoms with Crippen molar-refractivity contribution in [1.82, 2.24) is 4.90 Å². The first-order valence-electron chi connectivity index (χ1n) is 4.21. The molecule has 0 aromatic carbocycles. The van der Waals surface area contributed by atoms with Gasteiger partial charge in [0, 0.05) is 19.1 Å². The lowest BCUT2D eigenvalue weighted by Gasteiger charge is -2.30. The molecule has 70 valence electrons. The average Bonchev–Trinajstić information content (AvgIpc) is 2.31. The smallest absolute Gasteiger partial charge is 0.153 e. The average molecular weight is 191 g/mol. The standard InChI is InChI=1S/C7H13NO3S/c9-7-1-2-8-3-4-12(10,11)5-6(7)8/h6-7,9H,1-5H2. The maximum atomic E-state index is 11.2. The maximum Gasteiger partial charge on any atom is 0.153 e. The number of nitrogens with zero attached hydrogens (tertiary/aromatic N) is 1. The van der Waals surface area contributed by atoms with Crippen LogP contribution in [-0.2, 0) is 9.84 Å². The SMILES string of the molecule is O=S1(=O)CCN2CCC(O)C2C1. The number of rotatable bonds is 0. The van der Waals surface area contributed by atoms with Gasteiger partial charge in [0.2, 0.25) is 0 Å². The summed E-state index contributed by atoms with van der Waals surface area (Å²) in [5.74, 6) is 0.407. The Morgan fingerprint density at radius 3 is 2.83 bits per heavy atom. The van der Waals surface area contributed by atoms with Crippen LogP contribution in [-0.4, -0.2) is 55.2 Å². The molecule has 12 heavy (non-hydrogen) atoms. The molecule has 0 aromatic rings. The summed E-state index contributed by atoms with van der Waals surface area (Å²) in [6.45, 7) is 1.45. The molecule has 2 unspecified atom stereocenters. The summed E-state index contributed by atoms with van der Waals surface area (Å²) in [5, 5.41) is 9.45. The summed E-state index contributed by atoms with van der Waals surface area (Å²) in [5.41, 5.74) is 0. The summed E-state index contributed by atoms with van der Waals surface area (Å²) >= 11 is 0. The first-order chi connectivity index (χ1) is 5.58. The van der Waals surface area contributed by atoms with Crippen molar-refractivity contribution in [3.8, 4) is 0 Å². The molecule has 2 aliphatic heterocycles. The van der Waals surface area contributed by atoms with E-state index in [9.17, 15) is 13.5 Å². The van der Waals surface area contributed by atoms with Crippen molar-refractivity contribution in [2.24, 2.45) is 0 Å². The third-order valence-corrected chi connectivity index (χ3v) is 4.39. The molecule has 0 amide bonds. The molecule has 5 heteroatoms. The van der Waals surface area contributed by atoms with Crippen LogP contribution in [0.25, 0.3) is 0 Å². The highest BCUT2D eigenvalue weighted by Gasteiger charge is 2.39. The lowest BCUT2D eigenvalue weighted by Crippen LogP contribution is -2.48. The number of hydrogen-bond donors (Lipinski definition) is 1. The molecule has 2 heterocycles. The fraction of sp³-hybridized carbons (Fsp3) is 1.00. The second-order valence-corrected chi connectivity index (χ2v) is 5.80. The molecule has 2 fully saturated rings. The van der Waals surface area contributed by atoms with Crippen molar-refractivity contribution in [2.75, 3.05) is 24.6 Å². The molecular weight excluding hydrogens is 178 g/mol. The van der Waals surface area contributed by atoms with Crippen LogP contribution in [0.2, 0.25) is 0 Å². The third-order valence-electron chi connectivity index (χ3n) is 2.74. The van der Waals surface area contributed by atoms with Gasteiger partial charge in [-0.2, -0.15) is 0 Å². The molecule has 2 saturated heterocycles. The highest BCUT2D eigenvalue weighted by Crippen LogP contribution is 2.22. The molecule has 2 aliphatic rings. The molecule has 2 rings (SSSR count). The quantitative estimate of drug-likeness (QED) is 0.525. The number of aliphatic hydroxyl groups is 1. The minimum Gasteiger partial charge on any atom is -0.391 e. The summed E-state index contributed by atoms with van der Waals surface area (Å²) in [6.07, 6.45) is 0.292. The highest BCUT2D eigenvalue weighted by molar-refractivity contribution is 7.91. The molecule has 1 N–H and O–H groups in total. The van der Waals surface area contributed by atoms with Crippen LogP contribution in [0.1, 0.15) is 6.42 Å². The van der Waals surface area contributed by atoms with Crippen molar-refractivity contribution < 1.29 is 13.5 Å². The third kappa shape index (κ3) is 1.36. The lowest BCUT2D eigenvalue weighted by atomic mass is 10.2.